The Hall–Kier alpha value is -0.120. The zero-order valence-electron chi connectivity index (χ0n) is 11.1. The maximum atomic E-state index is 9.21. The normalized spacial score (nSPS) is 35.8. The van der Waals surface area contributed by atoms with E-state index in [1.165, 1.54) is 0 Å². The molecule has 1 rings (SSSR count). The third kappa shape index (κ3) is 2.96. The molecule has 0 radical (unpaired) electrons. The summed E-state index contributed by atoms with van der Waals surface area (Å²) in [7, 11) is 0. The Balaban J connectivity index is 2.34. The third-order valence-corrected chi connectivity index (χ3v) is 4.06. The first-order valence-electron chi connectivity index (χ1n) is 6.57. The van der Waals surface area contributed by atoms with Crippen molar-refractivity contribution in [3.8, 4) is 0 Å². The van der Waals surface area contributed by atoms with Gasteiger partial charge >= 0.3 is 0 Å². The molecule has 4 unspecified atom stereocenters. The van der Waals surface area contributed by atoms with Crippen LogP contribution in [0.25, 0.3) is 0 Å². The van der Waals surface area contributed by atoms with Crippen molar-refractivity contribution in [3.63, 3.8) is 0 Å². The summed E-state index contributed by atoms with van der Waals surface area (Å²) in [6.07, 6.45) is 3.28. The number of rotatable bonds is 7. The molecule has 0 aromatic rings. The molecule has 1 aliphatic carbocycles. The number of hydrogen-bond donors (Lipinski definition) is 2. The van der Waals surface area contributed by atoms with Gasteiger partial charge in [0.05, 0.1) is 12.2 Å². The van der Waals surface area contributed by atoms with Gasteiger partial charge in [0, 0.05) is 18.1 Å². The minimum Gasteiger partial charge on any atom is -0.393 e. The van der Waals surface area contributed by atoms with Crippen molar-refractivity contribution in [1.82, 2.24) is 5.32 Å². The molecule has 0 amide bonds. The van der Waals surface area contributed by atoms with Crippen molar-refractivity contribution >= 4 is 0 Å². The molecule has 3 nitrogen and oxygen atoms in total. The molecule has 1 fully saturated rings. The molecule has 96 valence electrons. The molecule has 0 aromatic heterocycles. The lowest BCUT2D eigenvalue weighted by molar-refractivity contribution is -0.125. The highest BCUT2D eigenvalue weighted by Crippen LogP contribution is 2.45. The zero-order chi connectivity index (χ0) is 12.2. The fourth-order valence-corrected chi connectivity index (χ4v) is 2.53. The van der Waals surface area contributed by atoms with E-state index in [1.54, 1.807) is 0 Å². The van der Waals surface area contributed by atoms with Crippen molar-refractivity contribution in [3.05, 3.63) is 0 Å². The van der Waals surface area contributed by atoms with Crippen LogP contribution in [-0.2, 0) is 4.74 Å². The van der Waals surface area contributed by atoms with Crippen LogP contribution in [-0.4, -0.2) is 36.5 Å². The largest absolute Gasteiger partial charge is 0.393 e. The molecule has 16 heavy (non-hydrogen) atoms. The summed E-state index contributed by atoms with van der Waals surface area (Å²) in [6.45, 7) is 10.1. The van der Waals surface area contributed by atoms with Crippen molar-refractivity contribution in [2.45, 2.75) is 65.2 Å². The van der Waals surface area contributed by atoms with E-state index in [-0.39, 0.29) is 11.5 Å². The van der Waals surface area contributed by atoms with Gasteiger partial charge in [-0.1, -0.05) is 13.8 Å². The van der Waals surface area contributed by atoms with Crippen molar-refractivity contribution in [2.24, 2.45) is 5.41 Å². The second-order valence-corrected chi connectivity index (χ2v) is 5.18. The third-order valence-electron chi connectivity index (χ3n) is 4.06. The van der Waals surface area contributed by atoms with E-state index >= 15 is 0 Å². The minimum atomic E-state index is -0.205. The van der Waals surface area contributed by atoms with Crippen LogP contribution in [0.4, 0.5) is 0 Å². The summed E-state index contributed by atoms with van der Waals surface area (Å²) in [5.74, 6) is 0. The number of ether oxygens (including phenoxy) is 1. The summed E-state index contributed by atoms with van der Waals surface area (Å²) in [4.78, 5) is 0. The molecule has 4 atom stereocenters. The Labute approximate surface area is 99.6 Å². The van der Waals surface area contributed by atoms with E-state index in [4.69, 9.17) is 4.74 Å². The van der Waals surface area contributed by atoms with Gasteiger partial charge in [-0.05, 0) is 39.7 Å². The van der Waals surface area contributed by atoms with E-state index in [0.717, 1.165) is 32.4 Å². The van der Waals surface area contributed by atoms with E-state index in [1.807, 2.05) is 6.92 Å². The van der Waals surface area contributed by atoms with Gasteiger partial charge in [-0.2, -0.15) is 0 Å². The maximum absolute atomic E-state index is 9.21. The highest BCUT2D eigenvalue weighted by Gasteiger charge is 2.50. The molecule has 0 spiro atoms. The van der Waals surface area contributed by atoms with Gasteiger partial charge in [0.15, 0.2) is 0 Å². The van der Waals surface area contributed by atoms with Crippen LogP contribution in [0.5, 0.6) is 0 Å². The van der Waals surface area contributed by atoms with E-state index in [9.17, 15) is 5.11 Å². The molecule has 3 heteroatoms. The summed E-state index contributed by atoms with van der Waals surface area (Å²) in [5.41, 5.74) is 0.273. The number of nitrogens with one attached hydrogen (secondary N) is 1. The fourth-order valence-electron chi connectivity index (χ4n) is 2.53. The molecule has 0 heterocycles. The Kier molecular flexibility index (Phi) is 5.22. The summed E-state index contributed by atoms with van der Waals surface area (Å²) in [6, 6.07) is 0.549. The second-order valence-electron chi connectivity index (χ2n) is 5.18. The number of aliphatic hydroxyl groups excluding tert-OH is 1. The van der Waals surface area contributed by atoms with Gasteiger partial charge in [0.2, 0.25) is 0 Å². The van der Waals surface area contributed by atoms with Crippen LogP contribution < -0.4 is 5.32 Å². The van der Waals surface area contributed by atoms with Gasteiger partial charge in [0.25, 0.3) is 0 Å². The Morgan fingerprint density at radius 2 is 2.19 bits per heavy atom. The van der Waals surface area contributed by atoms with Crippen LogP contribution in [0.2, 0.25) is 0 Å². The van der Waals surface area contributed by atoms with Gasteiger partial charge < -0.3 is 15.2 Å². The maximum Gasteiger partial charge on any atom is 0.0658 e. The van der Waals surface area contributed by atoms with Crippen LogP contribution in [0.15, 0.2) is 0 Å². The van der Waals surface area contributed by atoms with Crippen molar-refractivity contribution < 1.29 is 9.84 Å². The smallest absolute Gasteiger partial charge is 0.0658 e. The standard InChI is InChI=1S/C13H27NO2/c1-5-13(4)11(9-12(13)16-6-2)14-8-7-10(3)15/h10-12,14-15H,5-9H2,1-4H3. The van der Waals surface area contributed by atoms with Gasteiger partial charge in [-0.3, -0.25) is 0 Å². The predicted octanol–water partition coefficient (Wildman–Crippen LogP) is 1.94. The average molecular weight is 229 g/mol. The fraction of sp³-hybridized carbons (Fsp3) is 1.00. The highest BCUT2D eigenvalue weighted by atomic mass is 16.5. The van der Waals surface area contributed by atoms with Crippen LogP contribution in [0.3, 0.4) is 0 Å². The molecule has 0 aliphatic heterocycles. The Morgan fingerprint density at radius 1 is 1.50 bits per heavy atom. The molecule has 1 saturated carbocycles. The molecular formula is C13H27NO2. The lowest BCUT2D eigenvalue weighted by Gasteiger charge is -2.54. The number of hydrogen-bond acceptors (Lipinski definition) is 3. The molecule has 0 bridgehead atoms. The topological polar surface area (TPSA) is 41.5 Å². The molecular weight excluding hydrogens is 202 g/mol. The molecule has 2 N–H and O–H groups in total. The lowest BCUT2D eigenvalue weighted by atomic mass is 9.61. The SMILES string of the molecule is CCOC1CC(NCCC(C)O)C1(C)CC. The first-order valence-corrected chi connectivity index (χ1v) is 6.57. The van der Waals surface area contributed by atoms with E-state index in [2.05, 4.69) is 26.1 Å². The van der Waals surface area contributed by atoms with E-state index < -0.39 is 0 Å². The highest BCUT2D eigenvalue weighted by molar-refractivity contribution is 5.04. The Bertz CT molecular complexity index is 208. The first kappa shape index (κ1) is 13.9. The number of aliphatic hydroxyl groups is 1. The monoisotopic (exact) mass is 229 g/mol. The molecule has 1 aliphatic rings. The Morgan fingerprint density at radius 3 is 2.69 bits per heavy atom. The zero-order valence-corrected chi connectivity index (χ0v) is 11.1. The second kappa shape index (κ2) is 5.99. The molecule has 0 saturated heterocycles. The summed E-state index contributed by atoms with van der Waals surface area (Å²) < 4.78 is 5.75. The predicted molar refractivity (Wildman–Crippen MR) is 66.5 cm³/mol. The summed E-state index contributed by atoms with van der Waals surface area (Å²) >= 11 is 0. The lowest BCUT2D eigenvalue weighted by Crippen LogP contribution is -2.62. The quantitative estimate of drug-likeness (QED) is 0.701. The average Bonchev–Trinajstić information content (AvgIpc) is 2.25. The van der Waals surface area contributed by atoms with E-state index in [0.29, 0.717) is 12.1 Å². The van der Waals surface area contributed by atoms with Crippen molar-refractivity contribution in [1.29, 1.82) is 0 Å². The van der Waals surface area contributed by atoms with Gasteiger partial charge in [-0.15, -0.1) is 0 Å². The van der Waals surface area contributed by atoms with Crippen LogP contribution in [0, 0.1) is 5.41 Å². The van der Waals surface area contributed by atoms with Crippen molar-refractivity contribution in [2.75, 3.05) is 13.2 Å². The van der Waals surface area contributed by atoms with Crippen LogP contribution in [0.1, 0.15) is 47.0 Å². The van der Waals surface area contributed by atoms with Gasteiger partial charge in [0.1, 0.15) is 0 Å². The minimum absolute atomic E-state index is 0.205. The van der Waals surface area contributed by atoms with Crippen LogP contribution >= 0.6 is 0 Å². The molecule has 0 aromatic carbocycles. The van der Waals surface area contributed by atoms with Gasteiger partial charge in [-0.25, -0.2) is 0 Å². The first-order chi connectivity index (χ1) is 7.54. The summed E-state index contributed by atoms with van der Waals surface area (Å²) in [5, 5.41) is 12.8.